The number of aliphatic hydroxyl groups excluding tert-OH is 1. The van der Waals surface area contributed by atoms with Crippen LogP contribution in [0.1, 0.15) is 0 Å². The molecule has 0 saturated heterocycles. The maximum absolute atomic E-state index is 8.19. The van der Waals surface area contributed by atoms with Crippen molar-refractivity contribution in [1.29, 1.82) is 0 Å². The molecule has 0 atom stereocenters. The van der Waals surface area contributed by atoms with Crippen molar-refractivity contribution in [2.24, 2.45) is 0 Å². The Morgan fingerprint density at radius 1 is 1.50 bits per heavy atom. The molecular formula is CH4O2V+2. The quantitative estimate of drug-likeness (QED) is 0.444. The summed E-state index contributed by atoms with van der Waals surface area (Å²) in [6.07, 6.45) is 0. The van der Waals surface area contributed by atoms with Gasteiger partial charge >= 0.3 is 21.0 Å². The molecule has 0 unspecified atom stereocenters. The van der Waals surface area contributed by atoms with E-state index >= 15 is 0 Å². The molecule has 0 aromatic heterocycles. The van der Waals surface area contributed by atoms with Crippen molar-refractivity contribution in [3.05, 3.63) is 0 Å². The fourth-order valence-electron chi connectivity index (χ4n) is 0. The Hall–Kier alpha value is 0.344. The number of aliphatic hydroxyl groups is 1. The van der Waals surface area contributed by atoms with Crippen LogP contribution >= 0.6 is 0 Å². The Morgan fingerprint density at radius 3 is 1.50 bits per heavy atom. The van der Waals surface area contributed by atoms with Crippen LogP contribution in [0.5, 0.6) is 0 Å². The summed E-state index contributed by atoms with van der Waals surface area (Å²) in [6.45, 7) is 0. The van der Waals surface area contributed by atoms with Gasteiger partial charge in [-0.1, -0.05) is 0 Å². The van der Waals surface area contributed by atoms with Crippen molar-refractivity contribution >= 4 is 0 Å². The minimum atomic E-state index is 1.00. The molecule has 0 heterocycles. The van der Waals surface area contributed by atoms with Gasteiger partial charge < -0.3 is 5.11 Å². The number of rotatable bonds is 0. The van der Waals surface area contributed by atoms with Crippen molar-refractivity contribution in [3.63, 3.8) is 0 Å². The van der Waals surface area contributed by atoms with Crippen LogP contribution < -0.4 is 0 Å². The zero-order valence-corrected chi connectivity index (χ0v) is 3.70. The molecule has 0 aliphatic rings. The standard InChI is InChI=1S/CH4O.O.V/c1-2;;/h2H,1H3;;/q;;+2. The Bertz CT molecular complexity index is 6.00. The first-order valence-corrected chi connectivity index (χ1v) is 1.20. The first-order valence-electron chi connectivity index (χ1n) is 0.630. The van der Waals surface area contributed by atoms with Crippen molar-refractivity contribution in [3.8, 4) is 0 Å². The molecule has 0 aromatic rings. The monoisotopic (exact) mass is 99.0 g/mol. The second-order valence-electron chi connectivity index (χ2n) is 0. The summed E-state index contributed by atoms with van der Waals surface area (Å²) in [4.78, 5) is 0. The summed E-state index contributed by atoms with van der Waals surface area (Å²) in [5, 5.41) is 7.00. The molecule has 0 radical (unpaired) electrons. The molecule has 0 aliphatic carbocycles. The van der Waals surface area contributed by atoms with E-state index in [1.54, 1.807) is 0 Å². The maximum atomic E-state index is 8.19. The van der Waals surface area contributed by atoms with E-state index in [0.717, 1.165) is 24.5 Å². The van der Waals surface area contributed by atoms with Crippen LogP contribution in [0.4, 0.5) is 0 Å². The van der Waals surface area contributed by atoms with Crippen LogP contribution in [-0.2, 0) is 21.0 Å². The van der Waals surface area contributed by atoms with Gasteiger partial charge in [-0.15, -0.1) is 0 Å². The van der Waals surface area contributed by atoms with Crippen LogP contribution in [0.25, 0.3) is 0 Å². The van der Waals surface area contributed by atoms with Crippen LogP contribution in [0, 0.1) is 0 Å². The van der Waals surface area contributed by atoms with E-state index < -0.39 is 0 Å². The van der Waals surface area contributed by atoms with Crippen molar-refractivity contribution < 1.29 is 26.1 Å². The molecule has 1 N–H and O–H groups in total. The predicted molar refractivity (Wildman–Crippen MR) is 8.83 cm³/mol. The topological polar surface area (TPSA) is 37.3 Å². The molecule has 2 nitrogen and oxygen atoms in total. The first-order chi connectivity index (χ1) is 2.00. The second kappa shape index (κ2) is 155. The normalized spacial score (nSPS) is 3.00. The summed E-state index contributed by atoms with van der Waals surface area (Å²) < 4.78 is 8.19. The summed E-state index contributed by atoms with van der Waals surface area (Å²) >= 11 is 1.06. The van der Waals surface area contributed by atoms with Gasteiger partial charge in [-0.2, -0.15) is 0 Å². The van der Waals surface area contributed by atoms with Gasteiger partial charge in [0.1, 0.15) is 0 Å². The average Bonchev–Trinajstić information content (AvgIpc) is 1.50. The Kier molecular flexibility index (Phi) is 343. The summed E-state index contributed by atoms with van der Waals surface area (Å²) in [5.74, 6) is 0. The van der Waals surface area contributed by atoms with Crippen molar-refractivity contribution in [2.75, 3.05) is 7.11 Å². The van der Waals surface area contributed by atoms with Crippen LogP contribution in [0.2, 0.25) is 0 Å². The van der Waals surface area contributed by atoms with Gasteiger partial charge in [0, 0.05) is 7.11 Å². The predicted octanol–water partition coefficient (Wildman–Crippen LogP) is -0.513. The molecule has 0 spiro atoms. The molecule has 0 saturated carbocycles. The first kappa shape index (κ1) is 8.84. The molecule has 0 aromatic carbocycles. The SMILES string of the molecule is CO.[O]=[V+2]. The zero-order chi connectivity index (χ0) is 4.00. The van der Waals surface area contributed by atoms with Crippen LogP contribution in [0.3, 0.4) is 0 Å². The van der Waals surface area contributed by atoms with E-state index in [4.69, 9.17) is 8.78 Å². The molecule has 3 heteroatoms. The third kappa shape index (κ3) is 35.7. The van der Waals surface area contributed by atoms with Gasteiger partial charge in [0.25, 0.3) is 0 Å². The van der Waals surface area contributed by atoms with E-state index in [2.05, 4.69) is 0 Å². The molecule has 0 bridgehead atoms. The van der Waals surface area contributed by atoms with Gasteiger partial charge in [0.05, 0.1) is 0 Å². The van der Waals surface area contributed by atoms with E-state index in [-0.39, 0.29) is 0 Å². The second-order valence-corrected chi connectivity index (χ2v) is 0. The molecule has 0 fully saturated rings. The number of hydrogen-bond donors (Lipinski definition) is 1. The Balaban J connectivity index is 0. The van der Waals surface area contributed by atoms with Crippen molar-refractivity contribution in [1.82, 2.24) is 0 Å². The van der Waals surface area contributed by atoms with Crippen LogP contribution in [-0.4, -0.2) is 12.2 Å². The number of hydrogen-bond acceptors (Lipinski definition) is 2. The van der Waals surface area contributed by atoms with Crippen LogP contribution in [0.15, 0.2) is 0 Å². The van der Waals surface area contributed by atoms with Gasteiger partial charge in [-0.05, 0) is 0 Å². The summed E-state index contributed by atoms with van der Waals surface area (Å²) in [5.41, 5.74) is 0. The van der Waals surface area contributed by atoms with Gasteiger partial charge in [-0.25, -0.2) is 0 Å². The average molecular weight is 99.0 g/mol. The third-order valence-electron chi connectivity index (χ3n) is 0. The van der Waals surface area contributed by atoms with E-state index in [9.17, 15) is 0 Å². The molecule has 4 heavy (non-hydrogen) atoms. The van der Waals surface area contributed by atoms with E-state index in [0.29, 0.717) is 0 Å². The molecule has 0 rings (SSSR count). The summed E-state index contributed by atoms with van der Waals surface area (Å²) in [6, 6.07) is 0. The molecule has 0 amide bonds. The Labute approximate surface area is 34.0 Å². The van der Waals surface area contributed by atoms with E-state index in [1.807, 2.05) is 0 Å². The minimum absolute atomic E-state index is 1.00. The van der Waals surface area contributed by atoms with Gasteiger partial charge in [0.15, 0.2) is 0 Å². The third-order valence-corrected chi connectivity index (χ3v) is 0. The fourth-order valence-corrected chi connectivity index (χ4v) is 0. The summed E-state index contributed by atoms with van der Waals surface area (Å²) in [7, 11) is 1.00. The van der Waals surface area contributed by atoms with Gasteiger partial charge in [-0.3, -0.25) is 0 Å². The zero-order valence-electron chi connectivity index (χ0n) is 2.30. The fraction of sp³-hybridized carbons (Fsp3) is 1.00. The van der Waals surface area contributed by atoms with Crippen molar-refractivity contribution in [2.45, 2.75) is 0 Å². The Morgan fingerprint density at radius 2 is 1.50 bits per heavy atom. The molecular weight excluding hydrogens is 95.0 g/mol. The molecule has 0 aliphatic heterocycles. The molecule has 23 valence electrons. The van der Waals surface area contributed by atoms with Gasteiger partial charge in [0.2, 0.25) is 0 Å². The van der Waals surface area contributed by atoms with E-state index in [1.165, 1.54) is 0 Å².